The lowest BCUT2D eigenvalue weighted by Gasteiger charge is -2.40. The number of ether oxygens (including phenoxy) is 2. The van der Waals surface area contributed by atoms with E-state index < -0.39 is 74.2 Å². The number of aliphatic hydroxyl groups is 7. The van der Waals surface area contributed by atoms with Gasteiger partial charge >= 0.3 is 0 Å². The highest BCUT2D eigenvalue weighted by Gasteiger charge is 2.44. The van der Waals surface area contributed by atoms with Crippen LogP contribution in [0.25, 0.3) is 0 Å². The summed E-state index contributed by atoms with van der Waals surface area (Å²) < 4.78 is 11.1. The molecule has 1 saturated heterocycles. The van der Waals surface area contributed by atoms with Gasteiger partial charge in [0.1, 0.15) is 36.6 Å². The molecule has 0 aromatic heterocycles. The lowest BCUT2D eigenvalue weighted by Crippen LogP contribution is -2.60. The highest BCUT2D eigenvalue weighted by Crippen LogP contribution is 2.23. The van der Waals surface area contributed by atoms with E-state index in [1.165, 1.54) is 122 Å². The number of hydrogen-bond acceptors (Lipinski definition) is 10. The molecule has 1 fully saturated rings. The maximum absolute atomic E-state index is 13.1. The molecule has 11 nitrogen and oxygen atoms in total. The standard InChI is InChI=1S/C52H97NO10/c1-3-5-7-9-11-13-15-17-19-20-21-22-23-24-25-26-28-29-31-33-35-37-39-44(55)47(57)43(42-62-52-50(60)49(59)48(58)46(41-54)63-52)53-51(61)45(56)40-38-36-34-32-30-27-18-16-14-12-10-8-6-4-2/h12,14,16,18,31,33,43-50,52,54-60H,3-11,13,15,17,19-30,32,34-42H2,1-2H3,(H,53,61)/b14-12-,18-16-,33-31+. The normalized spacial score (nSPS) is 21.4. The Balaban J connectivity index is 2.40. The van der Waals surface area contributed by atoms with Crippen molar-refractivity contribution in [2.45, 2.75) is 274 Å². The first kappa shape index (κ1) is 59.3. The molecule has 370 valence electrons. The third-order valence-electron chi connectivity index (χ3n) is 12.4. The first-order valence-electron chi connectivity index (χ1n) is 25.9. The molecule has 0 saturated carbocycles. The SMILES string of the molecule is CCCCC/C=C\C=C/CCCCCCCC(O)C(=O)NC(COC1OC(CO)C(O)C(O)C1O)C(O)C(O)CCC/C=C/CCCCCCCCCCCCCCCCCCC. The van der Waals surface area contributed by atoms with Crippen molar-refractivity contribution in [2.24, 2.45) is 0 Å². The Morgan fingerprint density at radius 3 is 1.49 bits per heavy atom. The molecule has 1 aliphatic rings. The predicted molar refractivity (Wildman–Crippen MR) is 256 cm³/mol. The van der Waals surface area contributed by atoms with E-state index in [9.17, 15) is 40.5 Å². The molecule has 1 heterocycles. The number of rotatable bonds is 43. The third-order valence-corrected chi connectivity index (χ3v) is 12.4. The number of amides is 1. The van der Waals surface area contributed by atoms with Crippen molar-refractivity contribution >= 4 is 5.91 Å². The highest BCUT2D eigenvalue weighted by atomic mass is 16.7. The molecule has 63 heavy (non-hydrogen) atoms. The molecule has 8 N–H and O–H groups in total. The van der Waals surface area contributed by atoms with Gasteiger partial charge in [0.05, 0.1) is 25.4 Å². The molecule has 1 rings (SSSR count). The van der Waals surface area contributed by atoms with Crippen LogP contribution in [-0.2, 0) is 14.3 Å². The summed E-state index contributed by atoms with van der Waals surface area (Å²) in [6, 6.07) is -1.19. The Bertz CT molecular complexity index is 1120. The molecule has 0 spiro atoms. The molecule has 9 atom stereocenters. The van der Waals surface area contributed by atoms with E-state index in [0.717, 1.165) is 57.8 Å². The molecule has 1 amide bonds. The van der Waals surface area contributed by atoms with Crippen LogP contribution in [0.15, 0.2) is 36.5 Å². The number of allylic oxidation sites excluding steroid dienone is 6. The van der Waals surface area contributed by atoms with Crippen LogP contribution in [0.1, 0.15) is 219 Å². The second-order valence-electron chi connectivity index (χ2n) is 18.3. The van der Waals surface area contributed by atoms with Gasteiger partial charge in [0.25, 0.3) is 0 Å². The summed E-state index contributed by atoms with van der Waals surface area (Å²) in [6.45, 7) is 3.40. The van der Waals surface area contributed by atoms with Gasteiger partial charge in [-0.15, -0.1) is 0 Å². The van der Waals surface area contributed by atoms with Crippen molar-refractivity contribution in [1.82, 2.24) is 5.32 Å². The summed E-state index contributed by atoms with van der Waals surface area (Å²) in [4.78, 5) is 13.1. The fourth-order valence-electron chi connectivity index (χ4n) is 8.14. The lowest BCUT2D eigenvalue weighted by molar-refractivity contribution is -0.303. The van der Waals surface area contributed by atoms with E-state index in [4.69, 9.17) is 9.47 Å². The summed E-state index contributed by atoms with van der Waals surface area (Å²) in [5.41, 5.74) is 0. The minimum atomic E-state index is -1.67. The van der Waals surface area contributed by atoms with Crippen LogP contribution >= 0.6 is 0 Å². The second-order valence-corrected chi connectivity index (χ2v) is 18.3. The number of carbonyl (C=O) groups excluding carboxylic acids is 1. The van der Waals surface area contributed by atoms with Gasteiger partial charge in [0, 0.05) is 0 Å². The van der Waals surface area contributed by atoms with Crippen LogP contribution in [0.3, 0.4) is 0 Å². The fourth-order valence-corrected chi connectivity index (χ4v) is 8.14. The predicted octanol–water partition coefficient (Wildman–Crippen LogP) is 9.56. The molecule has 0 aromatic carbocycles. The van der Waals surface area contributed by atoms with Crippen molar-refractivity contribution in [2.75, 3.05) is 13.2 Å². The first-order chi connectivity index (χ1) is 30.7. The van der Waals surface area contributed by atoms with E-state index in [2.05, 4.69) is 55.6 Å². The van der Waals surface area contributed by atoms with Crippen LogP contribution in [-0.4, -0.2) is 110 Å². The van der Waals surface area contributed by atoms with Gasteiger partial charge in [-0.3, -0.25) is 4.79 Å². The number of hydrogen-bond donors (Lipinski definition) is 8. The van der Waals surface area contributed by atoms with Crippen molar-refractivity contribution in [1.29, 1.82) is 0 Å². The number of unbranched alkanes of at least 4 members (excludes halogenated alkanes) is 26. The van der Waals surface area contributed by atoms with Gasteiger partial charge in [0.2, 0.25) is 5.91 Å². The summed E-state index contributed by atoms with van der Waals surface area (Å²) in [7, 11) is 0. The second kappa shape index (κ2) is 41.7. The highest BCUT2D eigenvalue weighted by molar-refractivity contribution is 5.80. The summed E-state index contributed by atoms with van der Waals surface area (Å²) >= 11 is 0. The van der Waals surface area contributed by atoms with E-state index in [0.29, 0.717) is 12.8 Å². The zero-order valence-electron chi connectivity index (χ0n) is 40.1. The molecular formula is C52H97NO10. The Labute approximate surface area is 384 Å². The summed E-state index contributed by atoms with van der Waals surface area (Å²) in [6.07, 6.45) is 37.7. The Hall–Kier alpha value is -1.67. The Morgan fingerprint density at radius 1 is 0.556 bits per heavy atom. The van der Waals surface area contributed by atoms with Crippen molar-refractivity contribution in [3.8, 4) is 0 Å². The largest absolute Gasteiger partial charge is 0.394 e. The minimum Gasteiger partial charge on any atom is -0.394 e. The smallest absolute Gasteiger partial charge is 0.249 e. The minimum absolute atomic E-state index is 0.235. The van der Waals surface area contributed by atoms with Crippen LogP contribution in [0, 0.1) is 0 Å². The van der Waals surface area contributed by atoms with Gasteiger partial charge in [0.15, 0.2) is 6.29 Å². The summed E-state index contributed by atoms with van der Waals surface area (Å²) in [5.74, 6) is -0.719. The van der Waals surface area contributed by atoms with E-state index in [1.54, 1.807) is 0 Å². The third kappa shape index (κ3) is 31.0. The van der Waals surface area contributed by atoms with E-state index in [-0.39, 0.29) is 12.8 Å². The molecule has 0 aliphatic carbocycles. The van der Waals surface area contributed by atoms with Crippen LogP contribution < -0.4 is 5.32 Å². The fraction of sp³-hybridized carbons (Fsp3) is 0.865. The molecule has 0 aromatic rings. The van der Waals surface area contributed by atoms with Gasteiger partial charge < -0.3 is 50.5 Å². The van der Waals surface area contributed by atoms with Gasteiger partial charge in [-0.05, 0) is 64.2 Å². The van der Waals surface area contributed by atoms with Crippen LogP contribution in [0.4, 0.5) is 0 Å². The molecule has 0 bridgehead atoms. The van der Waals surface area contributed by atoms with Crippen molar-refractivity contribution in [3.63, 3.8) is 0 Å². The summed E-state index contributed by atoms with van der Waals surface area (Å²) in [5, 5.41) is 75.8. The van der Waals surface area contributed by atoms with E-state index >= 15 is 0 Å². The van der Waals surface area contributed by atoms with Gasteiger partial charge in [-0.1, -0.05) is 192 Å². The average molecular weight is 896 g/mol. The monoisotopic (exact) mass is 896 g/mol. The topological polar surface area (TPSA) is 189 Å². The van der Waals surface area contributed by atoms with Crippen LogP contribution in [0.5, 0.6) is 0 Å². The van der Waals surface area contributed by atoms with Crippen molar-refractivity contribution < 1.29 is 50.0 Å². The zero-order valence-corrected chi connectivity index (χ0v) is 40.1. The molecule has 1 aliphatic heterocycles. The van der Waals surface area contributed by atoms with Gasteiger partial charge in [-0.25, -0.2) is 0 Å². The van der Waals surface area contributed by atoms with E-state index in [1.807, 2.05) is 0 Å². The molecule has 11 heteroatoms. The van der Waals surface area contributed by atoms with Gasteiger partial charge in [-0.2, -0.15) is 0 Å². The maximum Gasteiger partial charge on any atom is 0.249 e. The lowest BCUT2D eigenvalue weighted by atomic mass is 9.98. The number of nitrogens with one attached hydrogen (secondary N) is 1. The average Bonchev–Trinajstić information content (AvgIpc) is 3.28. The maximum atomic E-state index is 13.1. The van der Waals surface area contributed by atoms with Crippen LogP contribution in [0.2, 0.25) is 0 Å². The van der Waals surface area contributed by atoms with Crippen molar-refractivity contribution in [3.05, 3.63) is 36.5 Å². The Kier molecular flexibility index (Phi) is 39.3. The quantitative estimate of drug-likeness (QED) is 0.0166. The number of carbonyl (C=O) groups is 1. The molecule has 9 unspecified atom stereocenters. The zero-order chi connectivity index (χ0) is 46.2. The number of aliphatic hydroxyl groups excluding tert-OH is 7. The molecular weight excluding hydrogens is 799 g/mol. The molecule has 0 radical (unpaired) electrons. The Morgan fingerprint density at radius 2 is 0.984 bits per heavy atom. The first-order valence-corrected chi connectivity index (χ1v) is 25.9.